The molecule has 2 N–H and O–H groups in total. The van der Waals surface area contributed by atoms with Crippen molar-refractivity contribution < 1.29 is 74.6 Å². The van der Waals surface area contributed by atoms with Gasteiger partial charge in [-0.1, -0.05) is 372 Å². The molecule has 2 aliphatic heterocycles. The number of aromatic hydroxyl groups is 2. The Morgan fingerprint density at radius 3 is 0.838 bits per heavy atom. The Morgan fingerprint density at radius 1 is 0.343 bits per heavy atom. The number of phenols is 2. The van der Waals surface area contributed by atoms with Gasteiger partial charge in [-0.05, 0) is 91.9 Å². The van der Waals surface area contributed by atoms with Crippen molar-refractivity contribution in [2.24, 2.45) is 0 Å². The van der Waals surface area contributed by atoms with Gasteiger partial charge >= 0.3 is 35.5 Å². The number of phenolic OH excluding ortho intramolecular Hbond substituents is 2. The van der Waals surface area contributed by atoms with Gasteiger partial charge in [0.1, 0.15) is 17.2 Å². The molecule has 0 atom stereocenters. The van der Waals surface area contributed by atoms with E-state index in [0.29, 0.717) is 65.1 Å². The molecule has 6 rings (SSSR count). The number of anilines is 4. The number of benzene rings is 4. The van der Waals surface area contributed by atoms with E-state index in [0.717, 1.165) is 49.8 Å². The van der Waals surface area contributed by atoms with Crippen LogP contribution in [0, 0.1) is 6.92 Å². The number of carbonyl (C=O) groups is 4. The van der Waals surface area contributed by atoms with Crippen LogP contribution in [0.2, 0.25) is 0 Å². The third kappa shape index (κ3) is 47.9. The molecule has 0 aromatic heterocycles. The summed E-state index contributed by atoms with van der Waals surface area (Å²) < 4.78 is 17.2. The zero-order valence-electron chi connectivity index (χ0n) is 65.1. The number of halogens is 1. The first kappa shape index (κ1) is 105. The number of ether oxygens (including phenoxy) is 3. The monoisotopic (exact) mass is 1490 g/mol. The summed E-state index contributed by atoms with van der Waals surface area (Å²) in [5, 5.41) is 19.5. The summed E-state index contributed by atoms with van der Waals surface area (Å²) in [6.07, 6.45) is 69.5. The summed E-state index contributed by atoms with van der Waals surface area (Å²) in [5.74, 6) is 2.21. The quantitative estimate of drug-likeness (QED) is 0.0145. The van der Waals surface area contributed by atoms with Crippen molar-refractivity contribution in [3.05, 3.63) is 78.4 Å². The number of esters is 1. The summed E-state index contributed by atoms with van der Waals surface area (Å²) in [4.78, 5) is 52.0. The van der Waals surface area contributed by atoms with Gasteiger partial charge in [0.05, 0.1) is 22.7 Å². The van der Waals surface area contributed by atoms with Crippen LogP contribution >= 0.6 is 11.6 Å². The first-order valence-corrected chi connectivity index (χ1v) is 41.0. The Bertz CT molecular complexity index is 2750. The van der Waals surface area contributed by atoms with Crippen LogP contribution in [0.5, 0.6) is 40.2 Å². The molecule has 0 saturated heterocycles. The van der Waals surface area contributed by atoms with Crippen LogP contribution in [0.15, 0.2) is 72.8 Å². The number of nitrogens with zero attached hydrogens (tertiary/aromatic N) is 2. The molecule has 2 heterocycles. The molecule has 2 aliphatic rings. The van der Waals surface area contributed by atoms with Crippen molar-refractivity contribution in [3.63, 3.8) is 0 Å². The third-order valence-corrected chi connectivity index (χ3v) is 19.8. The summed E-state index contributed by atoms with van der Waals surface area (Å²) in [7, 11) is 0. The predicted octanol–water partition coefficient (Wildman–Crippen LogP) is 28.7. The minimum absolute atomic E-state index is 0. The van der Waals surface area contributed by atoms with Crippen LogP contribution < -0.4 is 53.6 Å². The van der Waals surface area contributed by atoms with Crippen molar-refractivity contribution in [2.45, 2.75) is 418 Å². The molecule has 0 unspecified atom stereocenters. The molecule has 4 aromatic carbocycles. The molecule has 2 amide bonds. The van der Waals surface area contributed by atoms with Gasteiger partial charge in [-0.15, -0.1) is 0 Å². The topological polar surface area (TPSA) is 143 Å². The predicted molar refractivity (Wildman–Crippen MR) is 452 cm³/mol. The average Bonchev–Trinajstić information content (AvgIpc) is 0.771. The van der Waals surface area contributed by atoms with E-state index in [1.807, 2.05) is 25.1 Å². The number of hydrogen-bond donors (Lipinski definition) is 2. The maximum absolute atomic E-state index is 13.4. The first-order valence-electron chi connectivity index (χ1n) is 40.7. The number of amides is 2. The molecule has 0 saturated carbocycles. The Morgan fingerprint density at radius 2 is 0.571 bits per heavy atom. The fourth-order valence-electron chi connectivity index (χ4n) is 13.7. The molecule has 0 aliphatic carbocycles. The molecule has 0 radical (unpaired) electrons. The maximum Gasteiger partial charge on any atom is 1.00 e. The summed E-state index contributed by atoms with van der Waals surface area (Å²) in [6, 6.07) is 20.6. The van der Waals surface area contributed by atoms with E-state index in [2.05, 4.69) is 20.8 Å². The van der Waals surface area contributed by atoms with Gasteiger partial charge in [0.2, 0.25) is 17.1 Å². The van der Waals surface area contributed by atoms with Gasteiger partial charge in [0, 0.05) is 44.4 Å². The Balaban J connectivity index is -0.000000740. The summed E-state index contributed by atoms with van der Waals surface area (Å²) >= 11 is 5.31. The average molecular weight is 1490 g/mol. The number of unbranched alkanes of at least 4 members (excludes halogenated alkanes) is 48. The van der Waals surface area contributed by atoms with E-state index in [9.17, 15) is 29.4 Å². The summed E-state index contributed by atoms with van der Waals surface area (Å²) in [6.45, 7) is 10.2. The van der Waals surface area contributed by atoms with Crippen molar-refractivity contribution >= 4 is 57.4 Å². The second-order valence-corrected chi connectivity index (χ2v) is 29.2. The van der Waals surface area contributed by atoms with E-state index in [4.69, 9.17) is 25.8 Å². The molecular weight excluding hydrogens is 1340 g/mol. The van der Waals surface area contributed by atoms with Crippen LogP contribution in [0.1, 0.15) is 419 Å². The molecule has 4 aromatic rings. The van der Waals surface area contributed by atoms with Crippen molar-refractivity contribution in [2.75, 3.05) is 9.80 Å². The standard InChI is InChI=1S/C35H51NO4.C32H47NO4.C20H39ClO.5CH4.Na.H/c1-4-5-6-7-8-9-10-11-12-13-14-15-16-17-18-19-20-21-35(38)36-31-24-22-28(2)26-33(31)40-34-27-30(39-29(3)37)23-25-32(34)36;1-2-3-4-5-6-7-8-9-10-11-12-13-14-15-16-17-18-19-32(36)33-28-22-20-26(34)24-30(28)37-31-25-27(35)21-23-29(31)33;1-2-3-4-5-6-7-8-9-10-11-12-13-14-15-16-17-18-19-20(21)22;;;;;;;/h22-27H,4-21H2,1-3H3;20-25,34-35H,2-19H2,1H3;2-19H2,1H3;5*1H4;;/q;;;;;;;;+1;-1. The first-order chi connectivity index (χ1) is 48.4. The summed E-state index contributed by atoms with van der Waals surface area (Å²) in [5.41, 5.74) is 3.74. The van der Waals surface area contributed by atoms with Crippen LogP contribution in [0.4, 0.5) is 22.7 Å². The van der Waals surface area contributed by atoms with Crippen molar-refractivity contribution in [3.8, 4) is 40.2 Å². The van der Waals surface area contributed by atoms with Gasteiger partial charge in [0.15, 0.2) is 23.0 Å². The number of fused-ring (bicyclic) bond motifs is 4. The molecule has 0 spiro atoms. The Kier molecular flexibility index (Phi) is 68.4. The van der Waals surface area contributed by atoms with Gasteiger partial charge in [0.25, 0.3) is 0 Å². The SMILES string of the molecule is C.C.C.C.C.CCCCCCCCCCCCCCCCCCCC(=O)Cl.CCCCCCCCCCCCCCCCCCCC(=O)N1c2ccc(C)cc2Oc2cc(OC(C)=O)ccc21.CCCCCCCCCCCCCCCCCCCC(=O)N1c2ccc(O)cc2Oc2cc(O)ccc21.[H-].[Na+]. The van der Waals surface area contributed by atoms with Crippen LogP contribution in [0.3, 0.4) is 0 Å². The smallest absolute Gasteiger partial charge is 1.00 e. The van der Waals surface area contributed by atoms with Gasteiger partial charge in [-0.25, -0.2) is 0 Å². The van der Waals surface area contributed by atoms with Gasteiger partial charge < -0.3 is 25.9 Å². The molecule has 105 heavy (non-hydrogen) atoms. The number of hydrogen-bond acceptors (Lipinski definition) is 9. The Hall–Kier alpha value is -4.55. The second kappa shape index (κ2) is 68.7. The molecule has 11 nitrogen and oxygen atoms in total. The van der Waals surface area contributed by atoms with Crippen LogP contribution in [-0.4, -0.2) is 33.2 Å². The molecule has 13 heteroatoms. The van der Waals surface area contributed by atoms with Crippen LogP contribution in [-0.2, 0) is 19.2 Å². The molecular formula is C92H158ClN2NaO9. The molecule has 0 fully saturated rings. The number of rotatable bonds is 55. The Labute approximate surface area is 674 Å². The van der Waals surface area contributed by atoms with Crippen molar-refractivity contribution in [1.82, 2.24) is 0 Å². The van der Waals surface area contributed by atoms with E-state index in [-0.39, 0.29) is 96.7 Å². The second-order valence-electron chi connectivity index (χ2n) is 28.7. The van der Waals surface area contributed by atoms with E-state index in [1.54, 1.807) is 52.3 Å². The fraction of sp³-hybridized carbons (Fsp3) is 0.696. The minimum atomic E-state index is -0.390. The number of carbonyl (C=O) groups excluding carboxylic acids is 4. The van der Waals surface area contributed by atoms with Gasteiger partial charge in [-0.2, -0.15) is 0 Å². The van der Waals surface area contributed by atoms with Crippen molar-refractivity contribution in [1.29, 1.82) is 0 Å². The zero-order chi connectivity index (χ0) is 71.2. The molecule has 598 valence electrons. The zero-order valence-corrected chi connectivity index (χ0v) is 66.9. The van der Waals surface area contributed by atoms with E-state index in [1.165, 1.54) is 308 Å². The van der Waals surface area contributed by atoms with Crippen LogP contribution in [0.25, 0.3) is 0 Å². The number of aryl methyl sites for hydroxylation is 1. The fourth-order valence-corrected chi connectivity index (χ4v) is 13.8. The normalized spacial score (nSPS) is 11.2. The largest absolute Gasteiger partial charge is 1.00 e. The maximum atomic E-state index is 13.4. The third-order valence-electron chi connectivity index (χ3n) is 19.6. The van der Waals surface area contributed by atoms with E-state index < -0.39 is 5.97 Å². The van der Waals surface area contributed by atoms with E-state index >= 15 is 0 Å². The minimum Gasteiger partial charge on any atom is -1.00 e. The van der Waals surface area contributed by atoms with Gasteiger partial charge in [-0.3, -0.25) is 29.0 Å². The molecule has 0 bridgehead atoms.